The summed E-state index contributed by atoms with van der Waals surface area (Å²) in [6.07, 6.45) is 2.62. The summed E-state index contributed by atoms with van der Waals surface area (Å²) in [4.78, 5) is 22.7. The second-order valence-electron chi connectivity index (χ2n) is 7.57. The predicted octanol–water partition coefficient (Wildman–Crippen LogP) is 4.14. The minimum Gasteiger partial charge on any atom is -0.494 e. The maximum absolute atomic E-state index is 13.4. The van der Waals surface area contributed by atoms with Gasteiger partial charge in [0.1, 0.15) is 5.75 Å². The van der Waals surface area contributed by atoms with E-state index in [0.29, 0.717) is 12.3 Å². The quantitative estimate of drug-likeness (QED) is 0.545. The highest BCUT2D eigenvalue weighted by Crippen LogP contribution is 2.43. The van der Waals surface area contributed by atoms with Crippen LogP contribution in [0.2, 0.25) is 0 Å². The van der Waals surface area contributed by atoms with Crippen molar-refractivity contribution in [3.8, 4) is 5.75 Å². The van der Waals surface area contributed by atoms with E-state index in [9.17, 15) is 4.79 Å². The molecule has 1 aliphatic rings. The lowest BCUT2D eigenvalue weighted by Crippen LogP contribution is -2.29. The van der Waals surface area contributed by atoms with E-state index in [4.69, 9.17) is 4.74 Å². The molecular formula is C23H23N5O2. The predicted molar refractivity (Wildman–Crippen MR) is 115 cm³/mol. The Morgan fingerprint density at radius 1 is 1.17 bits per heavy atom. The van der Waals surface area contributed by atoms with Crippen molar-refractivity contribution in [3.63, 3.8) is 0 Å². The summed E-state index contributed by atoms with van der Waals surface area (Å²) in [5, 5.41) is 4.51. The number of hydrogen-bond donors (Lipinski definition) is 1. The maximum Gasteiger partial charge on any atom is 0.280 e. The molecule has 0 unspecified atom stereocenters. The molecule has 1 aliphatic heterocycles. The van der Waals surface area contributed by atoms with Gasteiger partial charge < -0.3 is 9.72 Å². The van der Waals surface area contributed by atoms with Crippen LogP contribution in [0.25, 0.3) is 11.0 Å². The maximum atomic E-state index is 13.4. The molecule has 2 aromatic heterocycles. The van der Waals surface area contributed by atoms with E-state index in [2.05, 4.69) is 22.0 Å². The molecule has 1 atom stereocenters. The molecule has 7 heteroatoms. The topological polar surface area (TPSA) is 76.0 Å². The van der Waals surface area contributed by atoms with Crippen LogP contribution in [0.4, 0.5) is 5.69 Å². The molecule has 30 heavy (non-hydrogen) atoms. The third-order valence-corrected chi connectivity index (χ3v) is 5.68. The normalized spacial score (nSPS) is 15.8. The number of hydrogen-bond acceptors (Lipinski definition) is 4. The Morgan fingerprint density at radius 3 is 2.73 bits per heavy atom. The van der Waals surface area contributed by atoms with Crippen molar-refractivity contribution >= 4 is 22.6 Å². The minimum absolute atomic E-state index is 0.0936. The molecule has 0 fully saturated rings. The van der Waals surface area contributed by atoms with Gasteiger partial charge in [0, 0.05) is 24.0 Å². The molecule has 0 bridgehead atoms. The molecule has 0 spiro atoms. The molecular weight excluding hydrogens is 378 g/mol. The van der Waals surface area contributed by atoms with Gasteiger partial charge >= 0.3 is 0 Å². The lowest BCUT2D eigenvalue weighted by atomic mass is 9.98. The number of amides is 1. The summed E-state index contributed by atoms with van der Waals surface area (Å²) < 4.78 is 7.52. The Bertz CT molecular complexity index is 1240. The lowest BCUT2D eigenvalue weighted by molar-refractivity contribution is 0.0988. The van der Waals surface area contributed by atoms with Crippen molar-refractivity contribution in [1.29, 1.82) is 0 Å². The minimum atomic E-state index is -0.248. The Hall–Kier alpha value is -3.61. The zero-order chi connectivity index (χ0) is 20.8. The summed E-state index contributed by atoms with van der Waals surface area (Å²) >= 11 is 0. The zero-order valence-electron chi connectivity index (χ0n) is 17.2. The summed E-state index contributed by atoms with van der Waals surface area (Å²) in [5.41, 5.74) is 6.04. The average Bonchev–Trinajstić information content (AvgIpc) is 3.42. The molecule has 3 heterocycles. The average molecular weight is 401 g/mol. The van der Waals surface area contributed by atoms with Crippen molar-refractivity contribution < 1.29 is 9.53 Å². The van der Waals surface area contributed by atoms with Gasteiger partial charge in [-0.05, 0) is 49.2 Å². The number of anilines is 1. The number of aryl methyl sites for hydroxylation is 1. The van der Waals surface area contributed by atoms with E-state index < -0.39 is 0 Å². The smallest absolute Gasteiger partial charge is 0.280 e. The van der Waals surface area contributed by atoms with Crippen molar-refractivity contribution in [2.75, 3.05) is 11.5 Å². The summed E-state index contributed by atoms with van der Waals surface area (Å²) in [6.45, 7) is 4.77. The Morgan fingerprint density at radius 2 is 1.97 bits per heavy atom. The number of carbonyl (C=O) groups is 1. The van der Waals surface area contributed by atoms with E-state index in [0.717, 1.165) is 45.7 Å². The molecule has 2 aromatic carbocycles. The number of nitrogens with zero attached hydrogens (tertiary/aromatic N) is 4. The van der Waals surface area contributed by atoms with Crippen LogP contribution in [0.1, 0.15) is 46.7 Å². The highest BCUT2D eigenvalue weighted by Gasteiger charge is 2.43. The van der Waals surface area contributed by atoms with E-state index in [1.807, 2.05) is 61.3 Å². The number of H-pyrrole nitrogens is 1. The second kappa shape index (κ2) is 7.02. The van der Waals surface area contributed by atoms with Crippen LogP contribution in [0, 0.1) is 6.92 Å². The largest absolute Gasteiger partial charge is 0.494 e. The SMILES string of the molecule is CCCOc1ccc([C@@H]2c3c(nn(C)c3C)C(=O)N2c2ccc3nc[nH]c3c2)cc1. The van der Waals surface area contributed by atoms with Crippen LogP contribution in [0.5, 0.6) is 5.75 Å². The van der Waals surface area contributed by atoms with Gasteiger partial charge in [-0.15, -0.1) is 0 Å². The van der Waals surface area contributed by atoms with Gasteiger partial charge in [-0.3, -0.25) is 14.4 Å². The number of rotatable bonds is 5. The molecule has 0 aliphatic carbocycles. The van der Waals surface area contributed by atoms with Gasteiger partial charge in [0.15, 0.2) is 5.69 Å². The fourth-order valence-electron chi connectivity index (χ4n) is 4.09. The second-order valence-corrected chi connectivity index (χ2v) is 7.57. The van der Waals surface area contributed by atoms with E-state index in [1.165, 1.54) is 0 Å². The summed E-state index contributed by atoms with van der Waals surface area (Å²) in [7, 11) is 1.88. The molecule has 0 saturated carbocycles. The molecule has 0 radical (unpaired) electrons. The highest BCUT2D eigenvalue weighted by atomic mass is 16.5. The number of aromatic nitrogens is 4. The number of carbonyl (C=O) groups excluding carboxylic acids is 1. The Kier molecular flexibility index (Phi) is 4.31. The molecule has 4 aromatic rings. The van der Waals surface area contributed by atoms with Crippen LogP contribution in [-0.2, 0) is 7.05 Å². The fourth-order valence-corrected chi connectivity index (χ4v) is 4.09. The number of nitrogens with one attached hydrogen (secondary N) is 1. The summed E-state index contributed by atoms with van der Waals surface area (Å²) in [5.74, 6) is 0.738. The van der Waals surface area contributed by atoms with Crippen molar-refractivity contribution in [2.45, 2.75) is 26.3 Å². The first-order valence-corrected chi connectivity index (χ1v) is 10.1. The monoisotopic (exact) mass is 401 g/mol. The first-order valence-electron chi connectivity index (χ1n) is 10.1. The Balaban J connectivity index is 1.62. The van der Waals surface area contributed by atoms with Crippen LogP contribution in [-0.4, -0.2) is 32.3 Å². The standard InChI is InChI=1S/C23H23N5O2/c1-4-11-30-17-8-5-15(6-9-17)22-20-14(2)27(3)26-21(20)23(29)28(22)16-7-10-18-19(12-16)25-13-24-18/h5-10,12-13,22H,4,11H2,1-3H3,(H,24,25)/t22-/m1/s1. The number of imidazole rings is 1. The van der Waals surface area contributed by atoms with Gasteiger partial charge in [0.05, 0.1) is 30.0 Å². The molecule has 7 nitrogen and oxygen atoms in total. The van der Waals surface area contributed by atoms with Gasteiger partial charge in [-0.2, -0.15) is 5.10 Å². The van der Waals surface area contributed by atoms with Crippen LogP contribution < -0.4 is 9.64 Å². The molecule has 1 N–H and O–H groups in total. The van der Waals surface area contributed by atoms with Gasteiger partial charge in [0.2, 0.25) is 0 Å². The van der Waals surface area contributed by atoms with Crippen molar-refractivity contribution in [1.82, 2.24) is 19.7 Å². The molecule has 5 rings (SSSR count). The fraction of sp³-hybridized carbons (Fsp3) is 0.261. The zero-order valence-corrected chi connectivity index (χ0v) is 17.2. The van der Waals surface area contributed by atoms with Crippen LogP contribution in [0.15, 0.2) is 48.8 Å². The van der Waals surface area contributed by atoms with Crippen LogP contribution >= 0.6 is 0 Å². The Labute approximate surface area is 174 Å². The van der Waals surface area contributed by atoms with E-state index in [-0.39, 0.29) is 11.9 Å². The van der Waals surface area contributed by atoms with Crippen molar-refractivity contribution in [2.24, 2.45) is 7.05 Å². The highest BCUT2D eigenvalue weighted by molar-refractivity contribution is 6.11. The van der Waals surface area contributed by atoms with E-state index >= 15 is 0 Å². The van der Waals surface area contributed by atoms with E-state index in [1.54, 1.807) is 11.0 Å². The third-order valence-electron chi connectivity index (χ3n) is 5.68. The van der Waals surface area contributed by atoms with Crippen LogP contribution in [0.3, 0.4) is 0 Å². The molecule has 0 saturated heterocycles. The lowest BCUT2D eigenvalue weighted by Gasteiger charge is -2.27. The first kappa shape index (κ1) is 18.4. The number of aromatic amines is 1. The first-order chi connectivity index (χ1) is 14.6. The van der Waals surface area contributed by atoms with Gasteiger partial charge in [0.25, 0.3) is 5.91 Å². The number of fused-ring (bicyclic) bond motifs is 2. The number of ether oxygens (including phenoxy) is 1. The molecule has 152 valence electrons. The summed E-state index contributed by atoms with van der Waals surface area (Å²) in [6, 6.07) is 13.6. The third kappa shape index (κ3) is 2.77. The van der Waals surface area contributed by atoms with Gasteiger partial charge in [-0.25, -0.2) is 4.98 Å². The van der Waals surface area contributed by atoms with Gasteiger partial charge in [-0.1, -0.05) is 19.1 Å². The van der Waals surface area contributed by atoms with Crippen molar-refractivity contribution in [3.05, 3.63) is 71.3 Å². The number of benzene rings is 2. The molecule has 1 amide bonds.